The standard InChI is InChI=1S/C14H15N3O3/c1-3-12-14(7-4-9(2)16-12)20-10-5-6-13(17(18)19)11(15)8-10/h4-8H,3,15H2,1-2H3. The van der Waals surface area contributed by atoms with Gasteiger partial charge in [0.2, 0.25) is 0 Å². The van der Waals surface area contributed by atoms with Gasteiger partial charge in [-0.05, 0) is 31.5 Å². The van der Waals surface area contributed by atoms with Crippen molar-refractivity contribution in [3.63, 3.8) is 0 Å². The minimum atomic E-state index is -0.524. The van der Waals surface area contributed by atoms with Gasteiger partial charge in [-0.2, -0.15) is 0 Å². The molecule has 104 valence electrons. The van der Waals surface area contributed by atoms with E-state index in [1.807, 2.05) is 26.0 Å². The normalized spacial score (nSPS) is 10.3. The summed E-state index contributed by atoms with van der Waals surface area (Å²) in [5, 5.41) is 10.7. The van der Waals surface area contributed by atoms with Gasteiger partial charge in [0.05, 0.1) is 10.6 Å². The van der Waals surface area contributed by atoms with Crippen molar-refractivity contribution in [2.24, 2.45) is 0 Å². The van der Waals surface area contributed by atoms with Crippen LogP contribution in [0.1, 0.15) is 18.3 Å². The molecule has 2 rings (SSSR count). The Morgan fingerprint density at radius 2 is 2.10 bits per heavy atom. The molecule has 0 unspecified atom stereocenters. The molecule has 0 bridgehead atoms. The first-order chi connectivity index (χ1) is 9.51. The molecular formula is C14H15N3O3. The van der Waals surface area contributed by atoms with Crippen LogP contribution < -0.4 is 10.5 Å². The summed E-state index contributed by atoms with van der Waals surface area (Å²) in [6.45, 7) is 3.89. The summed E-state index contributed by atoms with van der Waals surface area (Å²) in [6, 6.07) is 7.98. The molecule has 0 aliphatic carbocycles. The predicted molar refractivity (Wildman–Crippen MR) is 75.9 cm³/mol. The number of pyridine rings is 1. The summed E-state index contributed by atoms with van der Waals surface area (Å²) < 4.78 is 5.71. The second kappa shape index (κ2) is 5.56. The van der Waals surface area contributed by atoms with Crippen LogP contribution in [0.25, 0.3) is 0 Å². The van der Waals surface area contributed by atoms with Crippen LogP contribution >= 0.6 is 0 Å². The number of nitro groups is 1. The summed E-state index contributed by atoms with van der Waals surface area (Å²) in [5.41, 5.74) is 7.33. The van der Waals surface area contributed by atoms with Crippen molar-refractivity contribution >= 4 is 11.4 Å². The molecule has 0 spiro atoms. The molecule has 0 amide bonds. The summed E-state index contributed by atoms with van der Waals surface area (Å²) in [4.78, 5) is 14.6. The third-order valence-corrected chi connectivity index (χ3v) is 2.83. The van der Waals surface area contributed by atoms with E-state index in [2.05, 4.69) is 4.98 Å². The van der Waals surface area contributed by atoms with E-state index in [0.29, 0.717) is 11.5 Å². The average Bonchev–Trinajstić information content (AvgIpc) is 2.40. The van der Waals surface area contributed by atoms with Crippen molar-refractivity contribution < 1.29 is 9.66 Å². The second-order valence-electron chi connectivity index (χ2n) is 4.33. The lowest BCUT2D eigenvalue weighted by atomic mass is 10.2. The molecule has 0 aliphatic rings. The zero-order valence-electron chi connectivity index (χ0n) is 11.3. The van der Waals surface area contributed by atoms with Gasteiger partial charge >= 0.3 is 0 Å². The Bertz CT molecular complexity index is 656. The zero-order chi connectivity index (χ0) is 14.7. The molecule has 6 heteroatoms. The molecule has 2 N–H and O–H groups in total. The largest absolute Gasteiger partial charge is 0.455 e. The van der Waals surface area contributed by atoms with Crippen LogP contribution in [0.4, 0.5) is 11.4 Å². The first-order valence-electron chi connectivity index (χ1n) is 6.19. The fourth-order valence-corrected chi connectivity index (χ4v) is 1.83. The monoisotopic (exact) mass is 273 g/mol. The highest BCUT2D eigenvalue weighted by Gasteiger charge is 2.13. The average molecular weight is 273 g/mol. The van der Waals surface area contributed by atoms with Crippen molar-refractivity contribution in [2.75, 3.05) is 5.73 Å². The van der Waals surface area contributed by atoms with Gasteiger partial charge in [-0.1, -0.05) is 6.92 Å². The first kappa shape index (κ1) is 13.8. The Labute approximate surface area is 116 Å². The van der Waals surface area contributed by atoms with E-state index in [1.54, 1.807) is 0 Å². The van der Waals surface area contributed by atoms with E-state index in [4.69, 9.17) is 10.5 Å². The minimum Gasteiger partial charge on any atom is -0.455 e. The molecular weight excluding hydrogens is 258 g/mol. The lowest BCUT2D eigenvalue weighted by Gasteiger charge is -2.10. The van der Waals surface area contributed by atoms with Crippen molar-refractivity contribution in [3.8, 4) is 11.5 Å². The summed E-state index contributed by atoms with van der Waals surface area (Å²) in [7, 11) is 0. The van der Waals surface area contributed by atoms with E-state index in [1.165, 1.54) is 18.2 Å². The third kappa shape index (κ3) is 2.85. The molecule has 0 saturated heterocycles. The Morgan fingerprint density at radius 1 is 1.35 bits per heavy atom. The number of nitrogens with zero attached hydrogens (tertiary/aromatic N) is 2. The molecule has 20 heavy (non-hydrogen) atoms. The van der Waals surface area contributed by atoms with Crippen LogP contribution in [0.2, 0.25) is 0 Å². The lowest BCUT2D eigenvalue weighted by Crippen LogP contribution is -1.98. The topological polar surface area (TPSA) is 91.3 Å². The fraction of sp³-hybridized carbons (Fsp3) is 0.214. The summed E-state index contributed by atoms with van der Waals surface area (Å²) >= 11 is 0. The quantitative estimate of drug-likeness (QED) is 0.524. The molecule has 0 radical (unpaired) electrons. The fourth-order valence-electron chi connectivity index (χ4n) is 1.83. The molecule has 0 fully saturated rings. The van der Waals surface area contributed by atoms with Gasteiger partial charge in [0.1, 0.15) is 17.2 Å². The van der Waals surface area contributed by atoms with Crippen LogP contribution in [0.15, 0.2) is 30.3 Å². The Morgan fingerprint density at radius 3 is 2.70 bits per heavy atom. The number of aryl methyl sites for hydroxylation is 2. The van der Waals surface area contributed by atoms with Gasteiger partial charge in [0.25, 0.3) is 5.69 Å². The number of ether oxygens (including phenoxy) is 1. The van der Waals surface area contributed by atoms with Crippen molar-refractivity contribution in [1.29, 1.82) is 0 Å². The van der Waals surface area contributed by atoms with Gasteiger partial charge in [-0.3, -0.25) is 15.1 Å². The molecule has 6 nitrogen and oxygen atoms in total. The van der Waals surface area contributed by atoms with Crippen LogP contribution in [0, 0.1) is 17.0 Å². The molecule has 1 heterocycles. The van der Waals surface area contributed by atoms with Gasteiger partial charge in [0, 0.05) is 17.8 Å². The maximum Gasteiger partial charge on any atom is 0.292 e. The highest BCUT2D eigenvalue weighted by Crippen LogP contribution is 2.30. The number of hydrogen-bond donors (Lipinski definition) is 1. The zero-order valence-corrected chi connectivity index (χ0v) is 11.3. The second-order valence-corrected chi connectivity index (χ2v) is 4.33. The highest BCUT2D eigenvalue weighted by atomic mass is 16.6. The van der Waals surface area contributed by atoms with Gasteiger partial charge in [-0.25, -0.2) is 0 Å². The molecule has 0 saturated carbocycles. The van der Waals surface area contributed by atoms with E-state index in [0.717, 1.165) is 17.8 Å². The third-order valence-electron chi connectivity index (χ3n) is 2.83. The molecule has 1 aromatic heterocycles. The smallest absolute Gasteiger partial charge is 0.292 e. The number of rotatable bonds is 4. The van der Waals surface area contributed by atoms with Crippen LogP contribution in [-0.4, -0.2) is 9.91 Å². The number of nitrogens with two attached hydrogens (primary N) is 1. The van der Waals surface area contributed by atoms with Crippen molar-refractivity contribution in [2.45, 2.75) is 20.3 Å². The van der Waals surface area contributed by atoms with E-state index < -0.39 is 4.92 Å². The Balaban J connectivity index is 2.31. The maximum atomic E-state index is 10.7. The predicted octanol–water partition coefficient (Wildman–Crippen LogP) is 3.24. The number of hydrogen-bond acceptors (Lipinski definition) is 5. The number of anilines is 1. The number of aromatic nitrogens is 1. The van der Waals surface area contributed by atoms with E-state index in [-0.39, 0.29) is 11.4 Å². The van der Waals surface area contributed by atoms with Gasteiger partial charge < -0.3 is 10.5 Å². The van der Waals surface area contributed by atoms with Crippen molar-refractivity contribution in [1.82, 2.24) is 4.98 Å². The summed E-state index contributed by atoms with van der Waals surface area (Å²) in [6.07, 6.45) is 0.736. The molecule has 2 aromatic rings. The number of nitrogen functional groups attached to an aromatic ring is 1. The molecule has 0 aliphatic heterocycles. The highest BCUT2D eigenvalue weighted by molar-refractivity contribution is 5.61. The lowest BCUT2D eigenvalue weighted by molar-refractivity contribution is -0.383. The van der Waals surface area contributed by atoms with Crippen LogP contribution in [0.5, 0.6) is 11.5 Å². The minimum absolute atomic E-state index is 0.0746. The Kier molecular flexibility index (Phi) is 3.84. The maximum absolute atomic E-state index is 10.7. The van der Waals surface area contributed by atoms with Gasteiger partial charge in [0.15, 0.2) is 0 Å². The van der Waals surface area contributed by atoms with E-state index >= 15 is 0 Å². The first-order valence-corrected chi connectivity index (χ1v) is 6.19. The van der Waals surface area contributed by atoms with Crippen LogP contribution in [0.3, 0.4) is 0 Å². The molecule has 0 atom stereocenters. The van der Waals surface area contributed by atoms with Gasteiger partial charge in [-0.15, -0.1) is 0 Å². The SMILES string of the molecule is CCc1nc(C)ccc1Oc1ccc([N+](=O)[O-])c(N)c1. The number of benzene rings is 1. The van der Waals surface area contributed by atoms with Crippen molar-refractivity contribution in [3.05, 3.63) is 51.8 Å². The summed E-state index contributed by atoms with van der Waals surface area (Å²) in [5.74, 6) is 1.08. The van der Waals surface area contributed by atoms with E-state index in [9.17, 15) is 10.1 Å². The van der Waals surface area contributed by atoms with Crippen LogP contribution in [-0.2, 0) is 6.42 Å². The Hall–Kier alpha value is -2.63. The number of nitro benzene ring substituents is 1. The molecule has 1 aromatic carbocycles.